The molecule has 5 nitrogen and oxygen atoms in total. The van der Waals surface area contributed by atoms with Crippen molar-refractivity contribution in [2.24, 2.45) is 0 Å². The van der Waals surface area contributed by atoms with Crippen LogP contribution in [0.5, 0.6) is 11.5 Å². The Kier molecular flexibility index (Phi) is 5.06. The van der Waals surface area contributed by atoms with Gasteiger partial charge in [0.2, 0.25) is 0 Å². The SMILES string of the molecule is CCN1CCC(Oc2cc(C(=O)NC3CC3)ccc2OC)CC1. The molecule has 1 aromatic rings. The molecule has 1 saturated heterocycles. The predicted molar refractivity (Wildman–Crippen MR) is 89.2 cm³/mol. The topological polar surface area (TPSA) is 50.8 Å². The van der Waals surface area contributed by atoms with E-state index in [1.165, 1.54) is 0 Å². The molecule has 2 fully saturated rings. The van der Waals surface area contributed by atoms with E-state index in [1.807, 2.05) is 12.1 Å². The van der Waals surface area contributed by atoms with Crippen LogP contribution >= 0.6 is 0 Å². The van der Waals surface area contributed by atoms with Crippen LogP contribution in [0.2, 0.25) is 0 Å². The van der Waals surface area contributed by atoms with Crippen molar-refractivity contribution in [3.63, 3.8) is 0 Å². The van der Waals surface area contributed by atoms with Crippen molar-refractivity contribution < 1.29 is 14.3 Å². The zero-order valence-electron chi connectivity index (χ0n) is 14.0. The molecular formula is C18H26N2O3. The van der Waals surface area contributed by atoms with Crippen LogP contribution in [-0.4, -0.2) is 49.7 Å². The van der Waals surface area contributed by atoms with Crippen LogP contribution in [0.25, 0.3) is 0 Å². The average Bonchev–Trinajstić information content (AvgIpc) is 3.39. The Bertz CT molecular complexity index is 549. The molecule has 5 heteroatoms. The number of carbonyl (C=O) groups excluding carboxylic acids is 1. The summed E-state index contributed by atoms with van der Waals surface area (Å²) in [6, 6.07) is 5.77. The van der Waals surface area contributed by atoms with Crippen LogP contribution in [0.4, 0.5) is 0 Å². The number of methoxy groups -OCH3 is 1. The maximum atomic E-state index is 12.2. The Morgan fingerprint density at radius 2 is 1.96 bits per heavy atom. The van der Waals surface area contributed by atoms with E-state index in [0.29, 0.717) is 23.1 Å². The maximum Gasteiger partial charge on any atom is 0.251 e. The number of likely N-dealkylation sites (tertiary alicyclic amines) is 1. The van der Waals surface area contributed by atoms with Gasteiger partial charge >= 0.3 is 0 Å². The third-order valence-corrected chi connectivity index (χ3v) is 4.61. The van der Waals surface area contributed by atoms with E-state index in [4.69, 9.17) is 9.47 Å². The van der Waals surface area contributed by atoms with Crippen LogP contribution in [0, 0.1) is 0 Å². The molecule has 0 spiro atoms. The Balaban J connectivity index is 1.67. The molecule has 1 aliphatic heterocycles. The lowest BCUT2D eigenvalue weighted by Crippen LogP contribution is -2.38. The van der Waals surface area contributed by atoms with E-state index in [0.717, 1.165) is 45.3 Å². The first kappa shape index (κ1) is 16.1. The van der Waals surface area contributed by atoms with Crippen molar-refractivity contribution in [3.8, 4) is 11.5 Å². The number of nitrogens with zero attached hydrogens (tertiary/aromatic N) is 1. The van der Waals surface area contributed by atoms with Crippen molar-refractivity contribution in [1.29, 1.82) is 0 Å². The Labute approximate surface area is 137 Å². The number of piperidine rings is 1. The molecule has 126 valence electrons. The fourth-order valence-electron chi connectivity index (χ4n) is 2.93. The lowest BCUT2D eigenvalue weighted by molar-refractivity contribution is 0.0941. The average molecular weight is 318 g/mol. The number of nitrogens with one attached hydrogen (secondary N) is 1. The normalized spacial score (nSPS) is 19.4. The Morgan fingerprint density at radius 1 is 1.22 bits per heavy atom. The van der Waals surface area contributed by atoms with Crippen LogP contribution in [0.3, 0.4) is 0 Å². The Hall–Kier alpha value is -1.75. The fourth-order valence-corrected chi connectivity index (χ4v) is 2.93. The van der Waals surface area contributed by atoms with Crippen LogP contribution < -0.4 is 14.8 Å². The highest BCUT2D eigenvalue weighted by molar-refractivity contribution is 5.95. The quantitative estimate of drug-likeness (QED) is 0.875. The number of rotatable bonds is 6. The molecule has 0 bridgehead atoms. The minimum atomic E-state index is -0.0270. The molecule has 23 heavy (non-hydrogen) atoms. The maximum absolute atomic E-state index is 12.2. The molecule has 1 amide bonds. The first-order valence-corrected chi connectivity index (χ1v) is 8.57. The number of ether oxygens (including phenoxy) is 2. The van der Waals surface area contributed by atoms with Gasteiger partial charge in [-0.05, 0) is 50.4 Å². The van der Waals surface area contributed by atoms with E-state index < -0.39 is 0 Å². The molecule has 0 atom stereocenters. The van der Waals surface area contributed by atoms with E-state index in [-0.39, 0.29) is 12.0 Å². The number of hydrogen-bond donors (Lipinski definition) is 1. The van der Waals surface area contributed by atoms with E-state index in [9.17, 15) is 4.79 Å². The largest absolute Gasteiger partial charge is 0.493 e. The number of benzene rings is 1. The fraction of sp³-hybridized carbons (Fsp3) is 0.611. The van der Waals surface area contributed by atoms with Gasteiger partial charge in [-0.3, -0.25) is 4.79 Å². The minimum Gasteiger partial charge on any atom is -0.493 e. The zero-order valence-corrected chi connectivity index (χ0v) is 14.0. The van der Waals surface area contributed by atoms with Crippen molar-refractivity contribution in [3.05, 3.63) is 23.8 Å². The number of carbonyl (C=O) groups is 1. The molecule has 1 saturated carbocycles. The predicted octanol–water partition coefficient (Wildman–Crippen LogP) is 2.45. The second-order valence-electron chi connectivity index (χ2n) is 6.36. The molecule has 1 aromatic carbocycles. The molecule has 2 aliphatic rings. The van der Waals surface area contributed by atoms with Gasteiger partial charge in [-0.25, -0.2) is 0 Å². The first-order valence-electron chi connectivity index (χ1n) is 8.57. The molecular weight excluding hydrogens is 292 g/mol. The number of amides is 1. The van der Waals surface area contributed by atoms with E-state index in [2.05, 4.69) is 17.1 Å². The zero-order chi connectivity index (χ0) is 16.2. The monoisotopic (exact) mass is 318 g/mol. The second kappa shape index (κ2) is 7.21. The van der Waals surface area contributed by atoms with Crippen LogP contribution in [0.1, 0.15) is 43.0 Å². The minimum absolute atomic E-state index is 0.0270. The summed E-state index contributed by atoms with van der Waals surface area (Å²) in [6.07, 6.45) is 4.38. The van der Waals surface area contributed by atoms with Gasteiger partial charge in [-0.1, -0.05) is 6.92 Å². The molecule has 1 aliphatic carbocycles. The Morgan fingerprint density at radius 3 is 2.57 bits per heavy atom. The van der Waals surface area contributed by atoms with Gasteiger partial charge in [0, 0.05) is 24.7 Å². The van der Waals surface area contributed by atoms with Gasteiger partial charge in [0.15, 0.2) is 11.5 Å². The smallest absolute Gasteiger partial charge is 0.251 e. The molecule has 1 heterocycles. The molecule has 1 N–H and O–H groups in total. The van der Waals surface area contributed by atoms with Crippen LogP contribution in [-0.2, 0) is 0 Å². The summed E-state index contributed by atoms with van der Waals surface area (Å²) in [5, 5.41) is 3.01. The summed E-state index contributed by atoms with van der Waals surface area (Å²) in [5.41, 5.74) is 0.638. The van der Waals surface area contributed by atoms with Crippen molar-refractivity contribution in [1.82, 2.24) is 10.2 Å². The van der Waals surface area contributed by atoms with Crippen molar-refractivity contribution >= 4 is 5.91 Å². The molecule has 0 unspecified atom stereocenters. The summed E-state index contributed by atoms with van der Waals surface area (Å²) in [5.74, 6) is 1.33. The highest BCUT2D eigenvalue weighted by atomic mass is 16.5. The summed E-state index contributed by atoms with van der Waals surface area (Å²) < 4.78 is 11.5. The highest BCUT2D eigenvalue weighted by Gasteiger charge is 2.25. The standard InChI is InChI=1S/C18H26N2O3/c1-3-20-10-8-15(9-11-20)23-17-12-13(4-7-16(17)22-2)18(21)19-14-5-6-14/h4,7,12,14-15H,3,5-6,8-11H2,1-2H3,(H,19,21). The summed E-state index contributed by atoms with van der Waals surface area (Å²) in [6.45, 7) is 5.40. The van der Waals surface area contributed by atoms with E-state index in [1.54, 1.807) is 13.2 Å². The molecule has 0 radical (unpaired) electrons. The first-order chi connectivity index (χ1) is 11.2. The van der Waals surface area contributed by atoms with Gasteiger partial charge in [0.1, 0.15) is 6.10 Å². The van der Waals surface area contributed by atoms with Gasteiger partial charge in [-0.15, -0.1) is 0 Å². The van der Waals surface area contributed by atoms with Crippen molar-refractivity contribution in [2.45, 2.75) is 44.8 Å². The second-order valence-corrected chi connectivity index (χ2v) is 6.36. The highest BCUT2D eigenvalue weighted by Crippen LogP contribution is 2.31. The third-order valence-electron chi connectivity index (χ3n) is 4.61. The lowest BCUT2D eigenvalue weighted by atomic mass is 10.1. The van der Waals surface area contributed by atoms with Crippen LogP contribution in [0.15, 0.2) is 18.2 Å². The number of hydrogen-bond acceptors (Lipinski definition) is 4. The summed E-state index contributed by atoms with van der Waals surface area (Å²) >= 11 is 0. The summed E-state index contributed by atoms with van der Waals surface area (Å²) in [4.78, 5) is 14.6. The van der Waals surface area contributed by atoms with E-state index >= 15 is 0 Å². The molecule has 3 rings (SSSR count). The third kappa shape index (κ3) is 4.16. The van der Waals surface area contributed by atoms with Gasteiger partial charge in [-0.2, -0.15) is 0 Å². The van der Waals surface area contributed by atoms with Gasteiger partial charge in [0.05, 0.1) is 7.11 Å². The molecule has 0 aromatic heterocycles. The van der Waals surface area contributed by atoms with Gasteiger partial charge < -0.3 is 19.7 Å². The van der Waals surface area contributed by atoms with Gasteiger partial charge in [0.25, 0.3) is 5.91 Å². The summed E-state index contributed by atoms with van der Waals surface area (Å²) in [7, 11) is 1.63. The van der Waals surface area contributed by atoms with Crippen molar-refractivity contribution in [2.75, 3.05) is 26.7 Å². The lowest BCUT2D eigenvalue weighted by Gasteiger charge is -2.31.